The molecule has 0 aliphatic carbocycles. The summed E-state index contributed by atoms with van der Waals surface area (Å²) in [5.41, 5.74) is 0.497. The summed E-state index contributed by atoms with van der Waals surface area (Å²) >= 11 is 0. The average Bonchev–Trinajstić information content (AvgIpc) is 3.44. The Balaban J connectivity index is 1.46. The first-order chi connectivity index (χ1) is 15.9. The molecule has 2 fully saturated rings. The van der Waals surface area contributed by atoms with E-state index in [4.69, 9.17) is 15.1 Å². The number of aromatic amines is 1. The van der Waals surface area contributed by atoms with Crippen LogP contribution in [0.15, 0.2) is 40.2 Å². The quantitative estimate of drug-likeness (QED) is 0.615. The van der Waals surface area contributed by atoms with Gasteiger partial charge in [-0.1, -0.05) is 6.92 Å². The molecule has 2 saturated heterocycles. The molecule has 2 unspecified atom stereocenters. The van der Waals surface area contributed by atoms with Gasteiger partial charge in [0, 0.05) is 38.1 Å². The summed E-state index contributed by atoms with van der Waals surface area (Å²) in [6, 6.07) is 7.88. The molecule has 0 amide bonds. The fraction of sp³-hybridized carbons (Fsp3) is 0.455. The van der Waals surface area contributed by atoms with Crippen LogP contribution >= 0.6 is 0 Å². The highest BCUT2D eigenvalue weighted by atomic mass is 32.2. The molecule has 4 heterocycles. The Morgan fingerprint density at radius 3 is 2.61 bits per heavy atom. The number of hydrogen-bond acceptors (Lipinski definition) is 7. The zero-order valence-corrected chi connectivity index (χ0v) is 19.0. The van der Waals surface area contributed by atoms with E-state index in [1.165, 1.54) is 28.6 Å². The molecule has 2 atom stereocenters. The average molecular weight is 469 g/mol. The molecule has 11 heteroatoms. The first kappa shape index (κ1) is 21.8. The normalized spacial score (nSPS) is 22.5. The van der Waals surface area contributed by atoms with Gasteiger partial charge >= 0.3 is 0 Å². The largest absolute Gasteiger partial charge is 0.381 e. The summed E-state index contributed by atoms with van der Waals surface area (Å²) in [6.07, 6.45) is 3.18. The van der Waals surface area contributed by atoms with Crippen molar-refractivity contribution in [3.63, 3.8) is 0 Å². The van der Waals surface area contributed by atoms with Crippen LogP contribution in [0.4, 0.5) is 0 Å². The molecule has 0 bridgehead atoms. The lowest BCUT2D eigenvalue weighted by atomic mass is 9.97. The maximum Gasteiger partial charge on any atom is 0.276 e. The second-order valence-corrected chi connectivity index (χ2v) is 10.6. The van der Waals surface area contributed by atoms with Gasteiger partial charge in [-0.05, 0) is 43.0 Å². The van der Waals surface area contributed by atoms with E-state index in [1.807, 2.05) is 13.0 Å². The molecular formula is C22H24N6O4S. The van der Waals surface area contributed by atoms with Crippen LogP contribution in [0.2, 0.25) is 0 Å². The van der Waals surface area contributed by atoms with Gasteiger partial charge in [-0.2, -0.15) is 14.7 Å². The Labute approximate surface area is 190 Å². The Kier molecular flexibility index (Phi) is 5.52. The molecule has 172 valence electrons. The Hall–Kier alpha value is -3.07. The molecule has 0 saturated carbocycles. The monoisotopic (exact) mass is 468 g/mol. The predicted octanol–water partition coefficient (Wildman–Crippen LogP) is 1.61. The molecular weight excluding hydrogens is 444 g/mol. The zero-order valence-electron chi connectivity index (χ0n) is 18.1. The van der Waals surface area contributed by atoms with Crippen molar-refractivity contribution in [2.45, 2.75) is 36.5 Å². The van der Waals surface area contributed by atoms with Gasteiger partial charge in [-0.15, -0.1) is 0 Å². The number of nitrogens with one attached hydrogen (secondary N) is 1. The zero-order chi connectivity index (χ0) is 23.2. The van der Waals surface area contributed by atoms with Crippen LogP contribution in [0.5, 0.6) is 0 Å². The van der Waals surface area contributed by atoms with Crippen molar-refractivity contribution < 1.29 is 13.2 Å². The Bertz CT molecular complexity index is 1380. The third-order valence-electron chi connectivity index (χ3n) is 6.58. The van der Waals surface area contributed by atoms with Crippen LogP contribution in [0, 0.1) is 17.2 Å². The van der Waals surface area contributed by atoms with Crippen LogP contribution in [0.3, 0.4) is 0 Å². The number of hydrogen-bond donors (Lipinski definition) is 1. The fourth-order valence-electron chi connectivity index (χ4n) is 4.66. The number of aromatic nitrogens is 4. The highest BCUT2D eigenvalue weighted by molar-refractivity contribution is 7.89. The van der Waals surface area contributed by atoms with Gasteiger partial charge in [0.15, 0.2) is 5.52 Å². The molecule has 2 aliphatic heterocycles. The molecule has 3 aromatic rings. The van der Waals surface area contributed by atoms with E-state index in [0.717, 1.165) is 18.7 Å². The standard InChI is InChI=1S/C22H24N6O4S/c1-14-12-27(33(30,31)17-4-2-15(10-23)3-5-17)13-18(14)20-25-22(29)19-11-24-21(28(19)26-20)16-6-8-32-9-7-16/h2-5,11,14,16,18H,6-9,12-13H2,1H3,(H,25,26,29). The number of ether oxygens (including phenoxy) is 1. The Morgan fingerprint density at radius 2 is 1.91 bits per heavy atom. The number of H-pyrrole nitrogens is 1. The van der Waals surface area contributed by atoms with E-state index in [-0.39, 0.29) is 34.8 Å². The maximum absolute atomic E-state index is 13.2. The van der Waals surface area contributed by atoms with Crippen molar-refractivity contribution in [2.75, 3.05) is 26.3 Å². The topological polar surface area (TPSA) is 133 Å². The third-order valence-corrected chi connectivity index (χ3v) is 8.43. The first-order valence-electron chi connectivity index (χ1n) is 10.9. The van der Waals surface area contributed by atoms with Gasteiger partial charge in [0.2, 0.25) is 10.0 Å². The number of rotatable bonds is 4. The fourth-order valence-corrected chi connectivity index (χ4v) is 6.23. The van der Waals surface area contributed by atoms with E-state index < -0.39 is 10.0 Å². The summed E-state index contributed by atoms with van der Waals surface area (Å²) in [4.78, 5) is 20.2. The number of imidazole rings is 1. The van der Waals surface area contributed by atoms with Crippen molar-refractivity contribution in [1.29, 1.82) is 5.26 Å². The van der Waals surface area contributed by atoms with Crippen LogP contribution in [-0.4, -0.2) is 58.6 Å². The van der Waals surface area contributed by atoms with Crippen LogP contribution in [-0.2, 0) is 14.8 Å². The van der Waals surface area contributed by atoms with Crippen molar-refractivity contribution in [3.05, 3.63) is 58.0 Å². The molecule has 0 spiro atoms. The number of benzene rings is 1. The second kappa shape index (κ2) is 8.37. The number of sulfonamides is 1. The summed E-state index contributed by atoms with van der Waals surface area (Å²) in [6.45, 7) is 3.77. The summed E-state index contributed by atoms with van der Waals surface area (Å²) in [5.74, 6) is 1.06. The first-order valence-corrected chi connectivity index (χ1v) is 12.4. The van der Waals surface area contributed by atoms with Gasteiger partial charge in [0.25, 0.3) is 5.56 Å². The third kappa shape index (κ3) is 3.84. The van der Waals surface area contributed by atoms with Crippen molar-refractivity contribution in [2.24, 2.45) is 5.92 Å². The molecule has 2 aromatic heterocycles. The van der Waals surface area contributed by atoms with Crippen LogP contribution < -0.4 is 5.56 Å². The lowest BCUT2D eigenvalue weighted by Gasteiger charge is -2.21. The maximum atomic E-state index is 13.2. The minimum absolute atomic E-state index is 0.0474. The van der Waals surface area contributed by atoms with Gasteiger partial charge in [-0.3, -0.25) is 4.79 Å². The summed E-state index contributed by atoms with van der Waals surface area (Å²) < 4.78 is 34.8. The molecule has 1 aromatic carbocycles. The molecule has 33 heavy (non-hydrogen) atoms. The second-order valence-electron chi connectivity index (χ2n) is 8.68. The lowest BCUT2D eigenvalue weighted by molar-refractivity contribution is 0.0832. The van der Waals surface area contributed by atoms with E-state index in [0.29, 0.717) is 36.7 Å². The minimum atomic E-state index is -3.73. The Morgan fingerprint density at radius 1 is 1.18 bits per heavy atom. The van der Waals surface area contributed by atoms with E-state index in [2.05, 4.69) is 9.97 Å². The van der Waals surface area contributed by atoms with Gasteiger partial charge in [0.05, 0.1) is 22.7 Å². The molecule has 5 rings (SSSR count). The lowest BCUT2D eigenvalue weighted by Crippen LogP contribution is -2.29. The van der Waals surface area contributed by atoms with Gasteiger partial charge in [-0.25, -0.2) is 17.9 Å². The molecule has 1 N–H and O–H groups in total. The van der Waals surface area contributed by atoms with Crippen LogP contribution in [0.25, 0.3) is 5.52 Å². The number of nitriles is 1. The van der Waals surface area contributed by atoms with E-state index in [9.17, 15) is 13.2 Å². The number of nitrogens with zero attached hydrogens (tertiary/aromatic N) is 5. The minimum Gasteiger partial charge on any atom is -0.381 e. The summed E-state index contributed by atoms with van der Waals surface area (Å²) in [5, 5.41) is 13.7. The van der Waals surface area contributed by atoms with Crippen molar-refractivity contribution in [1.82, 2.24) is 23.9 Å². The van der Waals surface area contributed by atoms with E-state index >= 15 is 0 Å². The highest BCUT2D eigenvalue weighted by Crippen LogP contribution is 2.34. The summed E-state index contributed by atoms with van der Waals surface area (Å²) in [7, 11) is -3.73. The molecule has 2 aliphatic rings. The number of fused-ring (bicyclic) bond motifs is 1. The molecule has 10 nitrogen and oxygen atoms in total. The SMILES string of the molecule is CC1CN(S(=O)(=O)c2ccc(C#N)cc2)CC1c1nn2c(C3CCOCC3)ncc2c(=O)[nH]1. The van der Waals surface area contributed by atoms with Gasteiger partial charge < -0.3 is 9.72 Å². The van der Waals surface area contributed by atoms with E-state index in [1.54, 1.807) is 10.7 Å². The van der Waals surface area contributed by atoms with Crippen LogP contribution in [0.1, 0.15) is 48.8 Å². The van der Waals surface area contributed by atoms with Gasteiger partial charge in [0.1, 0.15) is 11.6 Å². The molecule has 0 radical (unpaired) electrons. The van der Waals surface area contributed by atoms with Crippen molar-refractivity contribution in [3.8, 4) is 6.07 Å². The predicted molar refractivity (Wildman–Crippen MR) is 118 cm³/mol. The highest BCUT2D eigenvalue weighted by Gasteiger charge is 2.39. The smallest absolute Gasteiger partial charge is 0.276 e. The van der Waals surface area contributed by atoms with Crippen molar-refractivity contribution >= 4 is 15.5 Å².